The largest absolute Gasteiger partial charge is 0.323 e. The van der Waals surface area contributed by atoms with Crippen LogP contribution >= 0.6 is 27.5 Å². The van der Waals surface area contributed by atoms with Crippen LogP contribution in [0.1, 0.15) is 0 Å². The zero-order chi connectivity index (χ0) is 11.5. The molecule has 0 aliphatic carbocycles. The zero-order valence-corrected chi connectivity index (χ0v) is 10.5. The van der Waals surface area contributed by atoms with E-state index in [0.29, 0.717) is 5.69 Å². The number of fused-ring (bicyclic) bond motifs is 1. The van der Waals surface area contributed by atoms with E-state index in [1.807, 2.05) is 18.2 Å². The van der Waals surface area contributed by atoms with Gasteiger partial charge in [0.1, 0.15) is 5.88 Å². The van der Waals surface area contributed by atoms with Gasteiger partial charge < -0.3 is 5.32 Å². The Balaban J connectivity index is 2.54. The van der Waals surface area contributed by atoms with Gasteiger partial charge in [-0.2, -0.15) is 0 Å². The molecule has 3 nitrogen and oxygen atoms in total. The number of carbonyl (C=O) groups is 1. The standard InChI is InChI=1S/C11H8BrClN2O/c12-8-4-7-2-1-3-14-11(7)9(5-8)15-10(16)6-13/h1-5H,6H2,(H,15,16). The quantitative estimate of drug-likeness (QED) is 0.865. The molecule has 82 valence electrons. The number of halogens is 2. The molecule has 0 bridgehead atoms. The van der Waals surface area contributed by atoms with E-state index in [1.165, 1.54) is 0 Å². The fraction of sp³-hybridized carbons (Fsp3) is 0.0909. The second-order valence-electron chi connectivity index (χ2n) is 3.21. The first-order valence-electron chi connectivity index (χ1n) is 4.61. The van der Waals surface area contributed by atoms with Crippen LogP contribution in [0, 0.1) is 0 Å². The van der Waals surface area contributed by atoms with E-state index < -0.39 is 0 Å². The molecular formula is C11H8BrClN2O. The summed E-state index contributed by atoms with van der Waals surface area (Å²) >= 11 is 8.83. The van der Waals surface area contributed by atoms with Crippen molar-refractivity contribution in [2.24, 2.45) is 0 Å². The molecule has 0 radical (unpaired) electrons. The molecule has 1 aromatic heterocycles. The van der Waals surface area contributed by atoms with Crippen molar-refractivity contribution in [1.82, 2.24) is 4.98 Å². The van der Waals surface area contributed by atoms with Gasteiger partial charge in [-0.05, 0) is 18.2 Å². The number of benzene rings is 1. The van der Waals surface area contributed by atoms with Crippen LogP contribution in [-0.2, 0) is 4.79 Å². The number of anilines is 1. The van der Waals surface area contributed by atoms with E-state index in [2.05, 4.69) is 26.2 Å². The normalized spacial score (nSPS) is 10.4. The number of carbonyl (C=O) groups excluding carboxylic acids is 1. The van der Waals surface area contributed by atoms with Crippen molar-refractivity contribution in [3.8, 4) is 0 Å². The topological polar surface area (TPSA) is 42.0 Å². The van der Waals surface area contributed by atoms with E-state index in [4.69, 9.17) is 11.6 Å². The Morgan fingerprint density at radius 1 is 1.50 bits per heavy atom. The van der Waals surface area contributed by atoms with Gasteiger partial charge in [-0.3, -0.25) is 9.78 Å². The summed E-state index contributed by atoms with van der Waals surface area (Å²) in [7, 11) is 0. The highest BCUT2D eigenvalue weighted by molar-refractivity contribution is 9.10. The van der Waals surface area contributed by atoms with Gasteiger partial charge in [-0.15, -0.1) is 11.6 Å². The van der Waals surface area contributed by atoms with Crippen molar-refractivity contribution < 1.29 is 4.79 Å². The molecule has 1 amide bonds. The molecule has 0 saturated carbocycles. The zero-order valence-electron chi connectivity index (χ0n) is 8.21. The third kappa shape index (κ3) is 2.33. The van der Waals surface area contributed by atoms with Gasteiger partial charge >= 0.3 is 0 Å². The maximum absolute atomic E-state index is 11.3. The minimum atomic E-state index is -0.244. The van der Waals surface area contributed by atoms with Gasteiger partial charge in [-0.1, -0.05) is 22.0 Å². The molecule has 2 aromatic rings. The molecule has 0 atom stereocenters. The van der Waals surface area contributed by atoms with Crippen molar-refractivity contribution >= 4 is 50.0 Å². The molecule has 1 aromatic carbocycles. The van der Waals surface area contributed by atoms with Crippen LogP contribution in [0.4, 0.5) is 5.69 Å². The lowest BCUT2D eigenvalue weighted by Gasteiger charge is -2.07. The van der Waals surface area contributed by atoms with Crippen LogP contribution in [0.5, 0.6) is 0 Å². The number of amides is 1. The van der Waals surface area contributed by atoms with Crippen LogP contribution in [0.2, 0.25) is 0 Å². The minimum absolute atomic E-state index is 0.0686. The summed E-state index contributed by atoms with van der Waals surface area (Å²) in [5, 5.41) is 3.67. The van der Waals surface area contributed by atoms with Crippen LogP contribution < -0.4 is 5.32 Å². The lowest BCUT2D eigenvalue weighted by Crippen LogP contribution is -2.13. The van der Waals surface area contributed by atoms with E-state index in [0.717, 1.165) is 15.4 Å². The van der Waals surface area contributed by atoms with Crippen LogP contribution in [0.3, 0.4) is 0 Å². The number of hydrogen-bond acceptors (Lipinski definition) is 2. The molecule has 2 rings (SSSR count). The molecule has 0 fully saturated rings. The maximum Gasteiger partial charge on any atom is 0.239 e. The monoisotopic (exact) mass is 298 g/mol. The summed E-state index contributed by atoms with van der Waals surface area (Å²) in [4.78, 5) is 15.5. The third-order valence-electron chi connectivity index (χ3n) is 2.07. The summed E-state index contributed by atoms with van der Waals surface area (Å²) in [5.74, 6) is -0.312. The predicted molar refractivity (Wildman–Crippen MR) is 68.8 cm³/mol. The van der Waals surface area contributed by atoms with E-state index in [-0.39, 0.29) is 11.8 Å². The third-order valence-corrected chi connectivity index (χ3v) is 2.77. The Bertz CT molecular complexity index is 544. The molecule has 1 N–H and O–H groups in total. The average Bonchev–Trinajstić information content (AvgIpc) is 2.28. The van der Waals surface area contributed by atoms with Gasteiger partial charge in [0.05, 0.1) is 11.2 Å². The highest BCUT2D eigenvalue weighted by Gasteiger charge is 2.06. The van der Waals surface area contributed by atoms with E-state index >= 15 is 0 Å². The lowest BCUT2D eigenvalue weighted by molar-refractivity contribution is -0.113. The van der Waals surface area contributed by atoms with Crippen molar-refractivity contribution in [2.75, 3.05) is 11.2 Å². The number of nitrogens with one attached hydrogen (secondary N) is 1. The number of nitrogens with zero attached hydrogens (tertiary/aromatic N) is 1. The SMILES string of the molecule is O=C(CCl)Nc1cc(Br)cc2cccnc12. The van der Waals surface area contributed by atoms with Crippen molar-refractivity contribution in [2.45, 2.75) is 0 Å². The summed E-state index contributed by atoms with van der Waals surface area (Å²) in [6, 6.07) is 7.53. The number of rotatable bonds is 2. The molecule has 16 heavy (non-hydrogen) atoms. The van der Waals surface area contributed by atoms with E-state index in [1.54, 1.807) is 12.3 Å². The number of aromatic nitrogens is 1. The Kier molecular flexibility index (Phi) is 3.41. The fourth-order valence-electron chi connectivity index (χ4n) is 1.43. The van der Waals surface area contributed by atoms with Gasteiger partial charge in [-0.25, -0.2) is 0 Å². The Morgan fingerprint density at radius 3 is 3.06 bits per heavy atom. The summed E-state index contributed by atoms with van der Waals surface area (Å²) in [5.41, 5.74) is 1.42. The Labute approximate surface area is 106 Å². The van der Waals surface area contributed by atoms with Crippen molar-refractivity contribution in [3.63, 3.8) is 0 Å². The summed E-state index contributed by atoms with van der Waals surface area (Å²) < 4.78 is 0.887. The smallest absolute Gasteiger partial charge is 0.239 e. The molecule has 1 heterocycles. The predicted octanol–water partition coefficient (Wildman–Crippen LogP) is 3.17. The highest BCUT2D eigenvalue weighted by Crippen LogP contribution is 2.26. The highest BCUT2D eigenvalue weighted by atomic mass is 79.9. The van der Waals surface area contributed by atoms with E-state index in [9.17, 15) is 4.79 Å². The molecular weight excluding hydrogens is 291 g/mol. The second-order valence-corrected chi connectivity index (χ2v) is 4.39. The first kappa shape index (κ1) is 11.4. The van der Waals surface area contributed by atoms with Crippen LogP contribution in [0.25, 0.3) is 10.9 Å². The van der Waals surface area contributed by atoms with Crippen molar-refractivity contribution in [3.05, 3.63) is 34.9 Å². The molecule has 0 aliphatic rings. The molecule has 5 heteroatoms. The average molecular weight is 300 g/mol. The maximum atomic E-state index is 11.3. The number of alkyl halides is 1. The fourth-order valence-corrected chi connectivity index (χ4v) is 1.98. The van der Waals surface area contributed by atoms with Gasteiger partial charge in [0, 0.05) is 16.1 Å². The van der Waals surface area contributed by atoms with Crippen molar-refractivity contribution in [1.29, 1.82) is 0 Å². The Morgan fingerprint density at radius 2 is 2.31 bits per heavy atom. The van der Waals surface area contributed by atoms with Gasteiger partial charge in [0.2, 0.25) is 5.91 Å². The minimum Gasteiger partial charge on any atom is -0.323 e. The first-order valence-corrected chi connectivity index (χ1v) is 5.93. The summed E-state index contributed by atoms with van der Waals surface area (Å²) in [6.07, 6.45) is 1.69. The molecule has 0 spiro atoms. The second kappa shape index (κ2) is 4.80. The molecule has 0 unspecified atom stereocenters. The molecule has 0 saturated heterocycles. The summed E-state index contributed by atoms with van der Waals surface area (Å²) in [6.45, 7) is 0. The van der Waals surface area contributed by atoms with Gasteiger partial charge in [0.15, 0.2) is 0 Å². The lowest BCUT2D eigenvalue weighted by atomic mass is 10.2. The Hall–Kier alpha value is -1.13. The number of hydrogen-bond donors (Lipinski definition) is 1. The van der Waals surface area contributed by atoms with Crippen LogP contribution in [0.15, 0.2) is 34.9 Å². The number of pyridine rings is 1. The first-order chi connectivity index (χ1) is 7.70. The van der Waals surface area contributed by atoms with Gasteiger partial charge in [0.25, 0.3) is 0 Å². The van der Waals surface area contributed by atoms with Crippen LogP contribution in [-0.4, -0.2) is 16.8 Å². The molecule has 0 aliphatic heterocycles.